The maximum Gasteiger partial charge on any atom is 0.256 e. The van der Waals surface area contributed by atoms with Gasteiger partial charge in [-0.25, -0.2) is 4.39 Å². The van der Waals surface area contributed by atoms with E-state index in [1.165, 1.54) is 23.1 Å². The van der Waals surface area contributed by atoms with Gasteiger partial charge in [-0.15, -0.1) is 0 Å². The van der Waals surface area contributed by atoms with Gasteiger partial charge in [0.1, 0.15) is 5.82 Å². The fraction of sp³-hybridized carbons (Fsp3) is 0.300. The molecule has 4 heteroatoms. The fourth-order valence-corrected chi connectivity index (χ4v) is 1.18. The van der Waals surface area contributed by atoms with Gasteiger partial charge in [-0.2, -0.15) is 0 Å². The van der Waals surface area contributed by atoms with Gasteiger partial charge in [-0.05, 0) is 25.1 Å². The number of hydrogen-bond donors (Lipinski definition) is 0. The molecule has 0 saturated heterocycles. The highest BCUT2D eigenvalue weighted by atomic mass is 35.5. The summed E-state index contributed by atoms with van der Waals surface area (Å²) in [4.78, 5) is 13.0. The van der Waals surface area contributed by atoms with Gasteiger partial charge < -0.3 is 4.90 Å². The molecule has 2 nitrogen and oxygen atoms in total. The maximum absolute atomic E-state index is 13.2. The molecular formula is C10H11ClFNO. The van der Waals surface area contributed by atoms with Crippen LogP contribution in [0.2, 0.25) is 5.02 Å². The van der Waals surface area contributed by atoms with Crippen LogP contribution in [0.5, 0.6) is 0 Å². The summed E-state index contributed by atoms with van der Waals surface area (Å²) < 4.78 is 13.2. The van der Waals surface area contributed by atoms with E-state index in [0.717, 1.165) is 0 Å². The van der Waals surface area contributed by atoms with Crippen molar-refractivity contribution >= 4 is 17.5 Å². The first-order valence-electron chi connectivity index (χ1n) is 4.26. The minimum atomic E-state index is -0.542. The molecule has 1 amide bonds. The normalized spacial score (nSPS) is 10.0. The van der Waals surface area contributed by atoms with E-state index in [1.807, 2.05) is 6.92 Å². The minimum absolute atomic E-state index is 0.0156. The van der Waals surface area contributed by atoms with E-state index in [4.69, 9.17) is 11.6 Å². The first-order valence-corrected chi connectivity index (χ1v) is 4.64. The van der Waals surface area contributed by atoms with Crippen LogP contribution in [0.3, 0.4) is 0 Å². The Labute approximate surface area is 87.3 Å². The van der Waals surface area contributed by atoms with Gasteiger partial charge in [0.25, 0.3) is 5.91 Å². The van der Waals surface area contributed by atoms with Crippen LogP contribution in [-0.4, -0.2) is 24.4 Å². The van der Waals surface area contributed by atoms with E-state index in [-0.39, 0.29) is 11.5 Å². The summed E-state index contributed by atoms with van der Waals surface area (Å²) in [6.07, 6.45) is 0. The Bertz CT molecular complexity index is 354. The molecule has 0 aliphatic carbocycles. The Kier molecular flexibility index (Phi) is 3.47. The van der Waals surface area contributed by atoms with E-state index in [0.29, 0.717) is 11.6 Å². The molecule has 0 unspecified atom stereocenters. The molecule has 1 aromatic carbocycles. The van der Waals surface area contributed by atoms with Gasteiger partial charge in [0.15, 0.2) is 0 Å². The lowest BCUT2D eigenvalue weighted by molar-refractivity contribution is 0.0798. The first-order chi connectivity index (χ1) is 6.56. The van der Waals surface area contributed by atoms with Crippen molar-refractivity contribution < 1.29 is 9.18 Å². The lowest BCUT2D eigenvalue weighted by Gasteiger charge is -2.14. The molecule has 0 saturated carbocycles. The number of carbonyl (C=O) groups is 1. The predicted octanol–water partition coefficient (Wildman–Crippen LogP) is 2.57. The van der Waals surface area contributed by atoms with Crippen LogP contribution >= 0.6 is 11.6 Å². The molecule has 0 spiro atoms. The Morgan fingerprint density at radius 2 is 2.21 bits per heavy atom. The Morgan fingerprint density at radius 3 is 2.79 bits per heavy atom. The summed E-state index contributed by atoms with van der Waals surface area (Å²) >= 11 is 5.67. The largest absolute Gasteiger partial charge is 0.342 e. The second kappa shape index (κ2) is 4.42. The zero-order valence-electron chi connectivity index (χ0n) is 8.05. The smallest absolute Gasteiger partial charge is 0.256 e. The lowest BCUT2D eigenvalue weighted by Crippen LogP contribution is -2.27. The van der Waals surface area contributed by atoms with E-state index in [1.54, 1.807) is 7.05 Å². The van der Waals surface area contributed by atoms with Gasteiger partial charge in [-0.1, -0.05) is 11.6 Å². The van der Waals surface area contributed by atoms with Crippen molar-refractivity contribution in [2.24, 2.45) is 0 Å². The molecule has 0 aromatic heterocycles. The summed E-state index contributed by atoms with van der Waals surface area (Å²) in [7, 11) is 1.61. The third-order valence-electron chi connectivity index (χ3n) is 1.98. The highest BCUT2D eigenvalue weighted by molar-refractivity contribution is 6.30. The van der Waals surface area contributed by atoms with Gasteiger partial charge in [0.2, 0.25) is 0 Å². The summed E-state index contributed by atoms with van der Waals surface area (Å²) in [5, 5.41) is 0.360. The van der Waals surface area contributed by atoms with Crippen molar-refractivity contribution in [3.8, 4) is 0 Å². The Hall–Kier alpha value is -1.09. The molecule has 0 N–H and O–H groups in total. The molecule has 0 radical (unpaired) electrons. The lowest BCUT2D eigenvalue weighted by atomic mass is 10.2. The average molecular weight is 216 g/mol. The van der Waals surface area contributed by atoms with E-state index in [2.05, 4.69) is 0 Å². The van der Waals surface area contributed by atoms with Crippen LogP contribution in [0.15, 0.2) is 18.2 Å². The standard InChI is InChI=1S/C10H11ClFNO/c1-3-13(2)10(14)8-6-7(11)4-5-9(8)12/h4-6H,3H2,1-2H3. The van der Waals surface area contributed by atoms with Gasteiger partial charge >= 0.3 is 0 Å². The number of hydrogen-bond acceptors (Lipinski definition) is 1. The summed E-state index contributed by atoms with van der Waals surface area (Å²) in [6, 6.07) is 3.95. The molecular weight excluding hydrogens is 205 g/mol. The van der Waals surface area contributed by atoms with Crippen LogP contribution in [0, 0.1) is 5.82 Å². The molecule has 14 heavy (non-hydrogen) atoms. The number of rotatable bonds is 2. The van der Waals surface area contributed by atoms with Crippen LogP contribution < -0.4 is 0 Å². The molecule has 0 aliphatic rings. The first kappa shape index (κ1) is 11.0. The molecule has 1 rings (SSSR count). The van der Waals surface area contributed by atoms with Crippen LogP contribution in [0.1, 0.15) is 17.3 Å². The highest BCUT2D eigenvalue weighted by Crippen LogP contribution is 2.16. The van der Waals surface area contributed by atoms with Crippen molar-refractivity contribution in [1.29, 1.82) is 0 Å². The van der Waals surface area contributed by atoms with Crippen molar-refractivity contribution in [3.05, 3.63) is 34.6 Å². The number of nitrogens with zero attached hydrogens (tertiary/aromatic N) is 1. The monoisotopic (exact) mass is 215 g/mol. The second-order valence-corrected chi connectivity index (χ2v) is 3.38. The van der Waals surface area contributed by atoms with Gasteiger partial charge in [0, 0.05) is 18.6 Å². The third-order valence-corrected chi connectivity index (χ3v) is 2.21. The topological polar surface area (TPSA) is 20.3 Å². The Morgan fingerprint density at radius 1 is 1.57 bits per heavy atom. The number of benzene rings is 1. The summed E-state index contributed by atoms with van der Waals surface area (Å²) in [6.45, 7) is 2.35. The second-order valence-electron chi connectivity index (χ2n) is 2.94. The van der Waals surface area contributed by atoms with E-state index < -0.39 is 5.82 Å². The zero-order valence-corrected chi connectivity index (χ0v) is 8.81. The minimum Gasteiger partial charge on any atom is -0.342 e. The summed E-state index contributed by atoms with van der Waals surface area (Å²) in [5.41, 5.74) is 0.0156. The molecule has 0 atom stereocenters. The van der Waals surface area contributed by atoms with Crippen molar-refractivity contribution in [2.75, 3.05) is 13.6 Å². The van der Waals surface area contributed by atoms with Gasteiger partial charge in [-0.3, -0.25) is 4.79 Å². The van der Waals surface area contributed by atoms with Crippen molar-refractivity contribution in [1.82, 2.24) is 4.90 Å². The van der Waals surface area contributed by atoms with E-state index >= 15 is 0 Å². The number of amides is 1. The van der Waals surface area contributed by atoms with Crippen LogP contribution in [-0.2, 0) is 0 Å². The molecule has 0 aliphatic heterocycles. The number of carbonyl (C=O) groups excluding carboxylic acids is 1. The van der Waals surface area contributed by atoms with Crippen LogP contribution in [0.4, 0.5) is 4.39 Å². The van der Waals surface area contributed by atoms with Crippen molar-refractivity contribution in [2.45, 2.75) is 6.92 Å². The molecule has 1 aromatic rings. The maximum atomic E-state index is 13.2. The molecule has 0 bridgehead atoms. The molecule has 0 heterocycles. The van der Waals surface area contributed by atoms with Crippen LogP contribution in [0.25, 0.3) is 0 Å². The van der Waals surface area contributed by atoms with Gasteiger partial charge in [0.05, 0.1) is 5.56 Å². The molecule has 0 fully saturated rings. The number of halogens is 2. The highest BCUT2D eigenvalue weighted by Gasteiger charge is 2.14. The van der Waals surface area contributed by atoms with Crippen molar-refractivity contribution in [3.63, 3.8) is 0 Å². The fourth-order valence-electron chi connectivity index (χ4n) is 1.01. The zero-order chi connectivity index (χ0) is 10.7. The molecule has 76 valence electrons. The predicted molar refractivity (Wildman–Crippen MR) is 54.0 cm³/mol. The quantitative estimate of drug-likeness (QED) is 0.743. The Balaban J connectivity index is 3.06. The third kappa shape index (κ3) is 2.23. The average Bonchev–Trinajstić information content (AvgIpc) is 2.19. The summed E-state index contributed by atoms with van der Waals surface area (Å²) in [5.74, 6) is -0.896. The van der Waals surface area contributed by atoms with E-state index in [9.17, 15) is 9.18 Å². The SMILES string of the molecule is CCN(C)C(=O)c1cc(Cl)ccc1F.